The molecular formula is C39H39IrN2O3-. The molecule has 45 heavy (non-hydrogen) atoms. The maximum atomic E-state index is 11.7. The van der Waals surface area contributed by atoms with Gasteiger partial charge < -0.3 is 14.5 Å². The molecule has 0 aliphatic carbocycles. The van der Waals surface area contributed by atoms with Crippen molar-refractivity contribution in [2.24, 2.45) is 11.8 Å². The first-order valence-corrected chi connectivity index (χ1v) is 15.5. The largest absolute Gasteiger partial charge is 0.512 e. The average molecular weight is 776 g/mol. The predicted octanol–water partition coefficient (Wildman–Crippen LogP) is 10.5. The summed E-state index contributed by atoms with van der Waals surface area (Å²) in [6.45, 7) is 8.07. The Bertz CT molecular complexity index is 1900. The van der Waals surface area contributed by atoms with Gasteiger partial charge >= 0.3 is 0 Å². The van der Waals surface area contributed by atoms with E-state index in [9.17, 15) is 9.90 Å². The standard InChI is InChI=1S/C26H15N2O.C13H24O2.Ir/c1-2-14-28-24(12-1)22-11-5-10-21-20-9-4-8-19(25(20)29-26(21)22)18-7-3-6-17-13-15-27-16-23(17)18;1-5-10(6-2)12(14)9-13(15)11(7-3)8-4;/h1-10,12-16H;9-11,14H,5-8H2,1-4H3;/q-1;;/b;12-9-;. The Morgan fingerprint density at radius 1 is 0.800 bits per heavy atom. The number of nitrogens with zero attached hydrogens (tertiary/aromatic N) is 2. The van der Waals surface area contributed by atoms with Gasteiger partial charge in [-0.3, -0.25) is 9.78 Å². The van der Waals surface area contributed by atoms with E-state index in [1.165, 1.54) is 6.08 Å². The van der Waals surface area contributed by atoms with Crippen LogP contribution in [0.15, 0.2) is 108 Å². The van der Waals surface area contributed by atoms with Crippen LogP contribution in [0, 0.1) is 17.9 Å². The van der Waals surface area contributed by atoms with Crippen molar-refractivity contribution in [2.75, 3.05) is 0 Å². The molecule has 233 valence electrons. The average Bonchev–Trinajstić information content (AvgIpc) is 3.46. The Morgan fingerprint density at radius 3 is 2.22 bits per heavy atom. The van der Waals surface area contributed by atoms with Crippen molar-refractivity contribution in [3.63, 3.8) is 0 Å². The SMILES string of the molecule is CCC(CC)C(=O)/C=C(\O)C(CC)CC.[Ir].[c-]1ccc2c(oc3c(-c4cccc5ccncc45)cccc32)c1-c1ccccn1. The van der Waals surface area contributed by atoms with E-state index in [4.69, 9.17) is 4.42 Å². The summed E-state index contributed by atoms with van der Waals surface area (Å²) in [5.41, 5.74) is 5.59. The Labute approximate surface area is 278 Å². The molecule has 0 spiro atoms. The molecular weight excluding hydrogens is 737 g/mol. The maximum Gasteiger partial charge on any atom is 0.162 e. The summed E-state index contributed by atoms with van der Waals surface area (Å²) in [7, 11) is 0. The summed E-state index contributed by atoms with van der Waals surface area (Å²) >= 11 is 0. The monoisotopic (exact) mass is 776 g/mol. The van der Waals surface area contributed by atoms with E-state index in [0.717, 1.165) is 80.8 Å². The first kappa shape index (κ1) is 33.8. The molecule has 0 saturated carbocycles. The second-order valence-corrected chi connectivity index (χ2v) is 11.0. The molecule has 3 aromatic carbocycles. The number of ketones is 1. The number of hydrogen-bond acceptors (Lipinski definition) is 5. The van der Waals surface area contributed by atoms with Crippen LogP contribution in [-0.4, -0.2) is 20.9 Å². The van der Waals surface area contributed by atoms with Crippen LogP contribution < -0.4 is 0 Å². The number of aliphatic hydroxyl groups is 1. The molecule has 0 aliphatic rings. The van der Waals surface area contributed by atoms with Crippen molar-refractivity contribution in [3.8, 4) is 22.4 Å². The van der Waals surface area contributed by atoms with E-state index in [0.29, 0.717) is 0 Å². The second kappa shape index (κ2) is 15.7. The van der Waals surface area contributed by atoms with E-state index < -0.39 is 0 Å². The van der Waals surface area contributed by atoms with Gasteiger partial charge in [-0.05, 0) is 54.5 Å². The summed E-state index contributed by atoms with van der Waals surface area (Å²) in [5, 5.41) is 14.2. The van der Waals surface area contributed by atoms with Gasteiger partial charge in [0.05, 0.1) is 11.3 Å². The van der Waals surface area contributed by atoms with Crippen molar-refractivity contribution in [1.29, 1.82) is 0 Å². The van der Waals surface area contributed by atoms with Gasteiger partial charge in [0, 0.05) is 72.9 Å². The number of allylic oxidation sites excluding steroid dienone is 2. The summed E-state index contributed by atoms with van der Waals surface area (Å²) in [6, 6.07) is 27.8. The van der Waals surface area contributed by atoms with Crippen molar-refractivity contribution < 1.29 is 34.4 Å². The molecule has 3 heterocycles. The summed E-state index contributed by atoms with van der Waals surface area (Å²) in [5.74, 6) is 0.547. The molecule has 1 radical (unpaired) electrons. The quantitative estimate of drug-likeness (QED) is 0.0899. The van der Waals surface area contributed by atoms with Gasteiger partial charge in [0.25, 0.3) is 0 Å². The number of fused-ring (bicyclic) bond motifs is 4. The summed E-state index contributed by atoms with van der Waals surface area (Å²) < 4.78 is 6.48. The van der Waals surface area contributed by atoms with Crippen LogP contribution in [0.25, 0.3) is 55.1 Å². The molecule has 0 atom stereocenters. The number of para-hydroxylation sites is 1. The minimum Gasteiger partial charge on any atom is -0.512 e. The number of rotatable bonds is 9. The van der Waals surface area contributed by atoms with Crippen molar-refractivity contribution in [3.05, 3.63) is 109 Å². The predicted molar refractivity (Wildman–Crippen MR) is 180 cm³/mol. The zero-order valence-electron chi connectivity index (χ0n) is 26.2. The smallest absolute Gasteiger partial charge is 0.162 e. The molecule has 6 rings (SSSR count). The fourth-order valence-corrected chi connectivity index (χ4v) is 5.80. The van der Waals surface area contributed by atoms with Crippen molar-refractivity contribution in [1.82, 2.24) is 9.97 Å². The molecule has 6 aromatic rings. The number of carbonyl (C=O) groups is 1. The summed E-state index contributed by atoms with van der Waals surface area (Å²) in [6.07, 6.45) is 10.4. The first-order valence-electron chi connectivity index (χ1n) is 15.5. The number of benzene rings is 3. The zero-order valence-corrected chi connectivity index (χ0v) is 28.6. The van der Waals surface area contributed by atoms with Crippen LogP contribution in [0.5, 0.6) is 0 Å². The number of hydrogen-bond donors (Lipinski definition) is 1. The van der Waals surface area contributed by atoms with Gasteiger partial charge in [-0.15, -0.1) is 18.2 Å². The van der Waals surface area contributed by atoms with Crippen LogP contribution in [0.3, 0.4) is 0 Å². The summed E-state index contributed by atoms with van der Waals surface area (Å²) in [4.78, 5) is 20.5. The topological polar surface area (TPSA) is 76.2 Å². The van der Waals surface area contributed by atoms with Gasteiger partial charge in [-0.25, -0.2) is 0 Å². The molecule has 0 bridgehead atoms. The Balaban J connectivity index is 0.000000249. The zero-order chi connectivity index (χ0) is 31.1. The van der Waals surface area contributed by atoms with Crippen molar-refractivity contribution >= 4 is 38.5 Å². The Morgan fingerprint density at radius 2 is 1.51 bits per heavy atom. The number of pyridine rings is 2. The third-order valence-corrected chi connectivity index (χ3v) is 8.44. The van der Waals surface area contributed by atoms with Crippen LogP contribution in [0.4, 0.5) is 0 Å². The molecule has 0 fully saturated rings. The Kier molecular flexibility index (Phi) is 11.8. The van der Waals surface area contributed by atoms with E-state index in [2.05, 4.69) is 58.5 Å². The third kappa shape index (κ3) is 7.24. The molecule has 6 heteroatoms. The normalized spacial score (nSPS) is 11.6. The Hall–Kier alpha value is -4.12. The number of furan rings is 1. The van der Waals surface area contributed by atoms with Crippen molar-refractivity contribution in [2.45, 2.75) is 53.4 Å². The van der Waals surface area contributed by atoms with Crippen LogP contribution in [0.1, 0.15) is 53.4 Å². The maximum absolute atomic E-state index is 11.7. The number of aliphatic hydroxyl groups excluding tert-OH is 1. The first-order chi connectivity index (χ1) is 21.5. The van der Waals surface area contributed by atoms with E-state index >= 15 is 0 Å². The van der Waals surface area contributed by atoms with Gasteiger partial charge in [0.1, 0.15) is 5.58 Å². The molecule has 1 N–H and O–H groups in total. The molecule has 0 saturated heterocycles. The minimum atomic E-state index is 0. The second-order valence-electron chi connectivity index (χ2n) is 11.0. The van der Waals surface area contributed by atoms with Crippen LogP contribution in [0.2, 0.25) is 0 Å². The fourth-order valence-electron chi connectivity index (χ4n) is 5.80. The van der Waals surface area contributed by atoms with Crippen LogP contribution >= 0.6 is 0 Å². The molecule has 3 aromatic heterocycles. The fraction of sp³-hybridized carbons (Fsp3) is 0.256. The number of aromatic nitrogens is 2. The van der Waals surface area contributed by atoms with E-state index in [-0.39, 0.29) is 43.5 Å². The van der Waals surface area contributed by atoms with E-state index in [1.807, 2.05) is 70.4 Å². The molecule has 0 unspecified atom stereocenters. The van der Waals surface area contributed by atoms with Gasteiger partial charge in [-0.2, -0.15) is 0 Å². The minimum absolute atomic E-state index is 0. The van der Waals surface area contributed by atoms with E-state index in [1.54, 1.807) is 6.20 Å². The van der Waals surface area contributed by atoms with Gasteiger partial charge in [0.15, 0.2) is 5.78 Å². The van der Waals surface area contributed by atoms with Gasteiger partial charge in [-0.1, -0.05) is 87.2 Å². The van der Waals surface area contributed by atoms with Crippen LogP contribution in [-0.2, 0) is 24.9 Å². The third-order valence-electron chi connectivity index (χ3n) is 8.44. The number of carbonyl (C=O) groups excluding carboxylic acids is 1. The van der Waals surface area contributed by atoms with Gasteiger partial charge in [0.2, 0.25) is 0 Å². The molecule has 0 amide bonds. The molecule has 0 aliphatic heterocycles. The molecule has 5 nitrogen and oxygen atoms in total.